The van der Waals surface area contributed by atoms with Crippen molar-refractivity contribution >= 4 is 0 Å². The number of aliphatic hydroxyl groups is 19. The molecule has 21 rings (SSSR count). The molecule has 21 heterocycles. The van der Waals surface area contributed by atoms with Crippen molar-refractivity contribution in [3.63, 3.8) is 0 Å². The van der Waals surface area contributed by atoms with E-state index in [1.165, 1.54) is 0 Å². The summed E-state index contributed by atoms with van der Waals surface area (Å²) >= 11 is 0. The molecule has 0 aromatic heterocycles. The Morgan fingerprint density at radius 3 is 0.506 bits per heavy atom. The molecular formula is C42H72N2O33. The highest BCUT2D eigenvalue weighted by atomic mass is 16.8. The Hall–Kier alpha value is -1.40. The second-order valence-electron chi connectivity index (χ2n) is 19.8. The van der Waals surface area contributed by atoms with E-state index in [-0.39, 0.29) is 0 Å². The van der Waals surface area contributed by atoms with Gasteiger partial charge in [0.25, 0.3) is 0 Å². The van der Waals surface area contributed by atoms with Gasteiger partial charge in [-0.25, -0.2) is 0 Å². The van der Waals surface area contributed by atoms with Gasteiger partial charge < -0.3 is 175 Å². The van der Waals surface area contributed by atoms with E-state index >= 15 is 0 Å². The fourth-order valence-corrected chi connectivity index (χ4v) is 10.5. The van der Waals surface area contributed by atoms with Crippen molar-refractivity contribution in [2.45, 2.75) is 215 Å². The molecule has 21 saturated heterocycles. The molecule has 0 aromatic carbocycles. The van der Waals surface area contributed by atoms with Gasteiger partial charge in [-0.05, 0) is 0 Å². The summed E-state index contributed by atoms with van der Waals surface area (Å²) in [5.41, 5.74) is 12.7. The van der Waals surface area contributed by atoms with Crippen LogP contribution in [-0.2, 0) is 66.3 Å². The van der Waals surface area contributed by atoms with Crippen molar-refractivity contribution in [2.24, 2.45) is 11.5 Å². The second kappa shape index (κ2) is 26.0. The Balaban J connectivity index is 1.08. The fraction of sp³-hybridized carbons (Fsp3) is 1.00. The van der Waals surface area contributed by atoms with E-state index in [2.05, 4.69) is 0 Å². The maximum atomic E-state index is 11.4. The van der Waals surface area contributed by atoms with Crippen LogP contribution in [0, 0.1) is 0 Å². The van der Waals surface area contributed by atoms with E-state index in [4.69, 9.17) is 77.8 Å². The molecule has 21 aliphatic rings. The van der Waals surface area contributed by atoms with Crippen molar-refractivity contribution < 1.29 is 163 Å². The van der Waals surface area contributed by atoms with E-state index in [0.717, 1.165) is 0 Å². The van der Waals surface area contributed by atoms with Crippen LogP contribution in [0.2, 0.25) is 0 Å². The van der Waals surface area contributed by atoms with Gasteiger partial charge in [0.05, 0.1) is 58.3 Å². The molecule has 35 atom stereocenters. The highest BCUT2D eigenvalue weighted by Gasteiger charge is 2.59. The normalized spacial score (nSPS) is 55.4. The lowest BCUT2D eigenvalue weighted by molar-refractivity contribution is -0.392. The van der Waals surface area contributed by atoms with Gasteiger partial charge in [0.2, 0.25) is 0 Å². The third-order valence-electron chi connectivity index (χ3n) is 15.0. The van der Waals surface area contributed by atoms with Crippen LogP contribution < -0.4 is 11.5 Å². The number of ether oxygens (including phenoxy) is 14. The molecule has 0 aromatic rings. The molecule has 0 radical (unpaired) electrons. The van der Waals surface area contributed by atoms with Crippen molar-refractivity contribution in [2.75, 3.05) is 46.2 Å². The third-order valence-corrected chi connectivity index (χ3v) is 15.0. The number of hydrogen-bond acceptors (Lipinski definition) is 35. The van der Waals surface area contributed by atoms with Gasteiger partial charge in [0, 0.05) is 0 Å². The van der Waals surface area contributed by atoms with Crippen molar-refractivity contribution in [3.05, 3.63) is 0 Å². The average molecular weight is 1130 g/mol. The Labute approximate surface area is 435 Å². The molecule has 14 bridgehead atoms. The molecule has 77 heavy (non-hydrogen) atoms. The minimum absolute atomic E-state index is 0.961. The largest absolute Gasteiger partial charge is 0.394 e. The highest BCUT2D eigenvalue weighted by Crippen LogP contribution is 2.38. The average Bonchev–Trinajstić information content (AvgIpc) is 3.45. The summed E-state index contributed by atoms with van der Waals surface area (Å²) < 4.78 is 80.4. The van der Waals surface area contributed by atoms with Crippen LogP contribution in [-0.4, -0.2) is 358 Å². The van der Waals surface area contributed by atoms with Crippen molar-refractivity contribution in [1.29, 1.82) is 0 Å². The Bertz CT molecular complexity index is 1480. The maximum Gasteiger partial charge on any atom is 0.187 e. The SMILES string of the molecule is N[C@H]1[C@H](O)[C@H]2O[C@H]3[C@H](O)[C@@H](O)[C@@H](O[C@H]4[C@H](O)[C@@H](O)[C@@H](O[C@H]5[C@H](O)[C@@H](O)[C@@H](O[C@H]6[C@@H](N)[C@H](O)[C@@H](O[C@H]7[C@H](O)[C@@H](O)[C@@H](O[C@H]8[C@H](O)[C@@H](O)[C@@H](O[C@@H]1[C@@H](CO)O2)O[C@@H]8CO)O[C@@H]7CO)O[C@@H]6CO)O[C@@H]5CO)O[C@@H]4CO)O[C@@H]3CO. The van der Waals surface area contributed by atoms with Gasteiger partial charge in [0.1, 0.15) is 159 Å². The van der Waals surface area contributed by atoms with Gasteiger partial charge in [-0.2, -0.15) is 0 Å². The van der Waals surface area contributed by atoms with E-state index < -0.39 is 261 Å². The van der Waals surface area contributed by atoms with Gasteiger partial charge in [0.15, 0.2) is 44.0 Å². The molecule has 35 nitrogen and oxygen atoms in total. The molecule has 0 amide bonds. The van der Waals surface area contributed by atoms with E-state index in [1.807, 2.05) is 0 Å². The van der Waals surface area contributed by atoms with Crippen LogP contribution in [0.4, 0.5) is 0 Å². The standard InChI is InChI=1S/C42H72N2O33/c43-15-17(52)36-64-9(2-46)30(15)72-39-25(60)20(55)34(13(6-50)67-39)76-42-28(63)23(58)35(14(7-51)70-42)77-41-27(62)22(57)32(11(4-48)69-41)74-37-18(53)16(44)29(8(1-45)65-37)71-38-24(59)19(54)33(12(5-49)66-38)75-40-26(61)21(56)31(73-36)10(3-47)68-40/h8-42,45-63H,1-7,43-44H2/t8-,9-,10-,11-,12-,13-,14-,15+,16+,17+,18+,19-,20-,21-,22-,23-,24-,25-,26-,27-,28-,29-,30-,31-,32-,33-,34-,35-,36-,37-,38-,39-,40-,41-,42-/m1/s1. The lowest BCUT2D eigenvalue weighted by Gasteiger charge is -2.50. The minimum Gasteiger partial charge on any atom is -0.394 e. The van der Waals surface area contributed by atoms with Gasteiger partial charge in [-0.1, -0.05) is 0 Å². The zero-order valence-corrected chi connectivity index (χ0v) is 40.5. The molecule has 448 valence electrons. The first-order valence-electron chi connectivity index (χ1n) is 24.8. The summed E-state index contributed by atoms with van der Waals surface area (Å²) in [6.07, 6.45) is -63.2. The Morgan fingerprint density at radius 2 is 0.338 bits per heavy atom. The third kappa shape index (κ3) is 12.1. The molecule has 23 N–H and O–H groups in total. The summed E-state index contributed by atoms with van der Waals surface area (Å²) in [4.78, 5) is 0. The number of aliphatic hydroxyl groups excluding tert-OH is 19. The summed E-state index contributed by atoms with van der Waals surface area (Å²) in [6, 6.07) is -3.32. The van der Waals surface area contributed by atoms with Crippen molar-refractivity contribution in [3.8, 4) is 0 Å². The van der Waals surface area contributed by atoms with Gasteiger partial charge in [-0.15, -0.1) is 0 Å². The van der Waals surface area contributed by atoms with E-state index in [0.29, 0.717) is 0 Å². The first-order valence-corrected chi connectivity index (χ1v) is 24.8. The molecule has 35 heteroatoms. The smallest absolute Gasteiger partial charge is 0.187 e. The monoisotopic (exact) mass is 1130 g/mol. The Kier molecular flexibility index (Phi) is 20.8. The van der Waals surface area contributed by atoms with Crippen LogP contribution in [0.3, 0.4) is 0 Å². The molecule has 0 unspecified atom stereocenters. The highest BCUT2D eigenvalue weighted by molar-refractivity contribution is 5.02. The summed E-state index contributed by atoms with van der Waals surface area (Å²) in [7, 11) is 0. The van der Waals surface area contributed by atoms with Gasteiger partial charge in [-0.3, -0.25) is 0 Å². The Morgan fingerprint density at radius 1 is 0.195 bits per heavy atom. The van der Waals surface area contributed by atoms with Crippen LogP contribution >= 0.6 is 0 Å². The predicted octanol–water partition coefficient (Wildman–Crippen LogP) is -15.3. The fourth-order valence-electron chi connectivity index (χ4n) is 10.5. The number of rotatable bonds is 7. The minimum atomic E-state index is -2.18. The quantitative estimate of drug-likeness (QED) is 0.113. The molecular weight excluding hydrogens is 1060 g/mol. The lowest BCUT2D eigenvalue weighted by Crippen LogP contribution is -2.69. The molecule has 21 aliphatic heterocycles. The van der Waals surface area contributed by atoms with Crippen LogP contribution in [0.15, 0.2) is 0 Å². The van der Waals surface area contributed by atoms with Crippen LogP contribution in [0.25, 0.3) is 0 Å². The molecule has 21 fully saturated rings. The molecule has 0 spiro atoms. The van der Waals surface area contributed by atoms with Crippen LogP contribution in [0.1, 0.15) is 0 Å². The lowest BCUT2D eigenvalue weighted by atomic mass is 9.94. The number of nitrogens with two attached hydrogens (primary N) is 2. The zero-order chi connectivity index (χ0) is 56.1. The van der Waals surface area contributed by atoms with Crippen LogP contribution in [0.5, 0.6) is 0 Å². The zero-order valence-electron chi connectivity index (χ0n) is 40.5. The first-order chi connectivity index (χ1) is 36.7. The van der Waals surface area contributed by atoms with Gasteiger partial charge >= 0.3 is 0 Å². The summed E-state index contributed by atoms with van der Waals surface area (Å²) in [5, 5.41) is 209. The second-order valence-corrected chi connectivity index (χ2v) is 19.8. The summed E-state index contributed by atoms with van der Waals surface area (Å²) in [6.45, 7) is -6.97. The van der Waals surface area contributed by atoms with E-state index in [1.54, 1.807) is 0 Å². The first kappa shape index (κ1) is 61.7. The molecule has 0 aliphatic carbocycles. The summed E-state index contributed by atoms with van der Waals surface area (Å²) in [5.74, 6) is 0. The number of hydrogen-bond donors (Lipinski definition) is 21. The predicted molar refractivity (Wildman–Crippen MR) is 232 cm³/mol. The topological polar surface area (TPSA) is 566 Å². The molecule has 0 saturated carbocycles. The van der Waals surface area contributed by atoms with E-state index in [9.17, 15) is 97.0 Å². The van der Waals surface area contributed by atoms with Crippen molar-refractivity contribution in [1.82, 2.24) is 0 Å². The maximum absolute atomic E-state index is 11.4.